The van der Waals surface area contributed by atoms with Crippen LogP contribution in [-0.4, -0.2) is 49.0 Å². The van der Waals surface area contributed by atoms with Crippen LogP contribution in [0.4, 0.5) is 5.82 Å². The van der Waals surface area contributed by atoms with Crippen molar-refractivity contribution in [2.45, 2.75) is 33.7 Å². The van der Waals surface area contributed by atoms with E-state index in [4.69, 9.17) is 0 Å². The minimum atomic E-state index is -0.0415. The molecule has 118 valence electrons. The normalized spacial score (nSPS) is 12.6. The first-order valence-corrected chi connectivity index (χ1v) is 7.51. The fourth-order valence-corrected chi connectivity index (χ4v) is 2.14. The van der Waals surface area contributed by atoms with Crippen LogP contribution in [0.2, 0.25) is 0 Å². The number of anilines is 1. The molecule has 5 nitrogen and oxygen atoms in total. The van der Waals surface area contributed by atoms with Crippen LogP contribution >= 0.6 is 0 Å². The maximum atomic E-state index is 12.5. The Hall–Kier alpha value is -1.62. The predicted molar refractivity (Wildman–Crippen MR) is 87.8 cm³/mol. The molecule has 1 rings (SSSR count). The van der Waals surface area contributed by atoms with Gasteiger partial charge in [-0.05, 0) is 46.0 Å². The van der Waals surface area contributed by atoms with Crippen LogP contribution in [0, 0.1) is 12.8 Å². The summed E-state index contributed by atoms with van der Waals surface area (Å²) in [5.41, 5.74) is 1.50. The molecule has 0 spiro atoms. The highest BCUT2D eigenvalue weighted by Crippen LogP contribution is 2.11. The summed E-state index contributed by atoms with van der Waals surface area (Å²) in [6.45, 7) is 9.76. The maximum absolute atomic E-state index is 12.5. The van der Waals surface area contributed by atoms with Gasteiger partial charge in [-0.3, -0.25) is 4.79 Å². The van der Waals surface area contributed by atoms with Crippen LogP contribution in [0.3, 0.4) is 0 Å². The number of nitrogens with zero attached hydrogens (tertiary/aromatic N) is 2. The maximum Gasteiger partial charge on any atom is 0.251 e. The van der Waals surface area contributed by atoms with Gasteiger partial charge in [0.25, 0.3) is 5.91 Å². The number of carbonyl (C=O) groups is 1. The Bertz CT molecular complexity index is 471. The number of pyridine rings is 1. The molecular weight excluding hydrogens is 264 g/mol. The molecule has 0 aromatic carbocycles. The Kier molecular flexibility index (Phi) is 6.62. The molecule has 1 amide bonds. The van der Waals surface area contributed by atoms with Crippen molar-refractivity contribution in [1.29, 1.82) is 0 Å². The molecule has 2 N–H and O–H groups in total. The van der Waals surface area contributed by atoms with Gasteiger partial charge in [0.2, 0.25) is 0 Å². The van der Waals surface area contributed by atoms with Gasteiger partial charge in [-0.15, -0.1) is 0 Å². The lowest BCUT2D eigenvalue weighted by Gasteiger charge is -2.25. The Balaban J connectivity index is 2.86. The zero-order chi connectivity index (χ0) is 16.0. The number of carbonyl (C=O) groups excluding carboxylic acids is 1. The van der Waals surface area contributed by atoms with Crippen molar-refractivity contribution in [1.82, 2.24) is 15.2 Å². The summed E-state index contributed by atoms with van der Waals surface area (Å²) in [5.74, 6) is 1.09. The summed E-state index contributed by atoms with van der Waals surface area (Å²) in [4.78, 5) is 18.9. The first-order chi connectivity index (χ1) is 9.83. The molecule has 0 aliphatic heterocycles. The molecule has 0 aliphatic carbocycles. The zero-order valence-corrected chi connectivity index (χ0v) is 14.0. The fraction of sp³-hybridized carbons (Fsp3) is 0.625. The molecule has 0 saturated heterocycles. The SMILES string of the molecule is CCNc1cc(C(=O)NC(CN(C)C)C(C)C)cc(C)n1. The molecule has 0 fully saturated rings. The van der Waals surface area contributed by atoms with Gasteiger partial charge in [0, 0.05) is 30.4 Å². The Morgan fingerprint density at radius 3 is 2.52 bits per heavy atom. The van der Waals surface area contributed by atoms with Crippen LogP contribution in [0.5, 0.6) is 0 Å². The van der Waals surface area contributed by atoms with Crippen molar-refractivity contribution < 1.29 is 4.79 Å². The molecule has 1 aromatic rings. The topological polar surface area (TPSA) is 57.3 Å². The van der Waals surface area contributed by atoms with Crippen molar-refractivity contribution in [3.63, 3.8) is 0 Å². The smallest absolute Gasteiger partial charge is 0.251 e. The monoisotopic (exact) mass is 292 g/mol. The number of hydrogen-bond acceptors (Lipinski definition) is 4. The third-order valence-corrected chi connectivity index (χ3v) is 3.26. The molecule has 0 bridgehead atoms. The van der Waals surface area contributed by atoms with Crippen LogP contribution in [0.25, 0.3) is 0 Å². The number of hydrogen-bond donors (Lipinski definition) is 2. The fourth-order valence-electron chi connectivity index (χ4n) is 2.14. The highest BCUT2D eigenvalue weighted by Gasteiger charge is 2.18. The standard InChI is InChI=1S/C16H28N4O/c1-7-17-15-9-13(8-12(4)18-15)16(21)19-14(11(2)3)10-20(5)6/h8-9,11,14H,7,10H2,1-6H3,(H,17,18)(H,19,21). The number of aryl methyl sites for hydroxylation is 1. The van der Waals surface area contributed by atoms with Gasteiger partial charge in [0.1, 0.15) is 5.82 Å². The van der Waals surface area contributed by atoms with E-state index in [1.165, 1.54) is 0 Å². The Morgan fingerprint density at radius 1 is 1.33 bits per heavy atom. The lowest BCUT2D eigenvalue weighted by Crippen LogP contribution is -2.45. The van der Waals surface area contributed by atoms with E-state index >= 15 is 0 Å². The van der Waals surface area contributed by atoms with E-state index in [-0.39, 0.29) is 11.9 Å². The van der Waals surface area contributed by atoms with Crippen LogP contribution < -0.4 is 10.6 Å². The molecule has 1 heterocycles. The van der Waals surface area contributed by atoms with E-state index in [2.05, 4.69) is 34.4 Å². The zero-order valence-electron chi connectivity index (χ0n) is 14.0. The van der Waals surface area contributed by atoms with E-state index in [0.29, 0.717) is 11.5 Å². The highest BCUT2D eigenvalue weighted by atomic mass is 16.1. The number of likely N-dealkylation sites (N-methyl/N-ethyl adjacent to an activating group) is 1. The number of nitrogens with one attached hydrogen (secondary N) is 2. The average molecular weight is 292 g/mol. The van der Waals surface area contributed by atoms with Gasteiger partial charge in [-0.1, -0.05) is 13.8 Å². The second kappa shape index (κ2) is 7.98. The second-order valence-corrected chi connectivity index (χ2v) is 6.00. The lowest BCUT2D eigenvalue weighted by atomic mass is 10.0. The van der Waals surface area contributed by atoms with E-state index in [1.807, 2.05) is 34.0 Å². The predicted octanol–water partition coefficient (Wildman–Crippen LogP) is 2.14. The second-order valence-electron chi connectivity index (χ2n) is 6.00. The van der Waals surface area contributed by atoms with Gasteiger partial charge in [-0.2, -0.15) is 0 Å². The third-order valence-electron chi connectivity index (χ3n) is 3.26. The first-order valence-electron chi connectivity index (χ1n) is 7.51. The molecule has 1 aromatic heterocycles. The van der Waals surface area contributed by atoms with Crippen molar-refractivity contribution in [3.05, 3.63) is 23.4 Å². The molecule has 0 radical (unpaired) electrons. The lowest BCUT2D eigenvalue weighted by molar-refractivity contribution is 0.0916. The summed E-state index contributed by atoms with van der Waals surface area (Å²) >= 11 is 0. The van der Waals surface area contributed by atoms with Crippen molar-refractivity contribution >= 4 is 11.7 Å². The highest BCUT2D eigenvalue weighted by molar-refractivity contribution is 5.95. The van der Waals surface area contributed by atoms with Crippen molar-refractivity contribution in [3.8, 4) is 0 Å². The van der Waals surface area contributed by atoms with E-state index < -0.39 is 0 Å². The molecule has 1 atom stereocenters. The Morgan fingerprint density at radius 2 is 2.00 bits per heavy atom. The molecule has 21 heavy (non-hydrogen) atoms. The van der Waals surface area contributed by atoms with E-state index in [1.54, 1.807) is 6.07 Å². The number of amides is 1. The van der Waals surface area contributed by atoms with Gasteiger partial charge in [0.05, 0.1) is 0 Å². The quantitative estimate of drug-likeness (QED) is 0.808. The van der Waals surface area contributed by atoms with Gasteiger partial charge < -0.3 is 15.5 Å². The summed E-state index contributed by atoms with van der Waals surface area (Å²) in [5, 5.41) is 6.28. The minimum Gasteiger partial charge on any atom is -0.370 e. The summed E-state index contributed by atoms with van der Waals surface area (Å²) in [6.07, 6.45) is 0. The van der Waals surface area contributed by atoms with Gasteiger partial charge in [-0.25, -0.2) is 4.98 Å². The first kappa shape index (κ1) is 17.4. The van der Waals surface area contributed by atoms with E-state index in [9.17, 15) is 4.79 Å². The molecular formula is C16H28N4O. The third kappa shape index (κ3) is 5.71. The van der Waals surface area contributed by atoms with Gasteiger partial charge >= 0.3 is 0 Å². The minimum absolute atomic E-state index is 0.0415. The molecule has 0 aliphatic rings. The van der Waals surface area contributed by atoms with E-state index in [0.717, 1.165) is 24.6 Å². The summed E-state index contributed by atoms with van der Waals surface area (Å²) < 4.78 is 0. The average Bonchev–Trinajstić information content (AvgIpc) is 2.36. The van der Waals surface area contributed by atoms with Crippen LogP contribution in [0.1, 0.15) is 36.8 Å². The van der Waals surface area contributed by atoms with Crippen LogP contribution in [-0.2, 0) is 0 Å². The summed E-state index contributed by atoms with van der Waals surface area (Å²) in [6, 6.07) is 3.76. The number of aromatic nitrogens is 1. The summed E-state index contributed by atoms with van der Waals surface area (Å²) in [7, 11) is 4.03. The largest absolute Gasteiger partial charge is 0.370 e. The molecule has 0 saturated carbocycles. The number of rotatable bonds is 7. The molecule has 1 unspecified atom stereocenters. The van der Waals surface area contributed by atoms with Crippen molar-refractivity contribution in [2.75, 3.05) is 32.5 Å². The Labute approximate surface area is 128 Å². The van der Waals surface area contributed by atoms with Crippen molar-refractivity contribution in [2.24, 2.45) is 5.92 Å². The van der Waals surface area contributed by atoms with Crippen LogP contribution in [0.15, 0.2) is 12.1 Å². The van der Waals surface area contributed by atoms with Gasteiger partial charge in [0.15, 0.2) is 0 Å². The molecule has 5 heteroatoms.